The molecular formula is C17H22N2O5. The molecular weight excluding hydrogens is 312 g/mol. The molecule has 0 spiro atoms. The molecule has 0 aromatic heterocycles. The topological polar surface area (TPSA) is 96.9 Å². The first kappa shape index (κ1) is 17.7. The third-order valence-electron chi connectivity index (χ3n) is 3.43. The highest BCUT2D eigenvalue weighted by molar-refractivity contribution is 5.95. The molecule has 1 unspecified atom stereocenters. The van der Waals surface area contributed by atoms with Crippen molar-refractivity contribution in [2.24, 2.45) is 0 Å². The van der Waals surface area contributed by atoms with Crippen molar-refractivity contribution in [3.05, 3.63) is 35.0 Å². The first-order chi connectivity index (χ1) is 11.1. The monoisotopic (exact) mass is 334 g/mol. The van der Waals surface area contributed by atoms with Gasteiger partial charge in [0.15, 0.2) is 11.5 Å². The van der Waals surface area contributed by atoms with E-state index in [0.29, 0.717) is 16.8 Å². The van der Waals surface area contributed by atoms with Crippen LogP contribution in [0, 0.1) is 0 Å². The summed E-state index contributed by atoms with van der Waals surface area (Å²) in [5.74, 6) is -0.299. The standard InChI is InChI=1S/C17H22N2O5/c1-9-13(15(21)24-17(2,3)4)14(19-16(22)18-9)10-6-7-11(20)12(8-10)23-5/h6-8,14,20H,1-5H3,(H2,18,19,22). The summed E-state index contributed by atoms with van der Waals surface area (Å²) in [5, 5.41) is 15.0. The molecule has 2 amide bonds. The van der Waals surface area contributed by atoms with Crippen LogP contribution in [0.25, 0.3) is 0 Å². The van der Waals surface area contributed by atoms with E-state index in [4.69, 9.17) is 9.47 Å². The van der Waals surface area contributed by atoms with Crippen LogP contribution in [0.3, 0.4) is 0 Å². The van der Waals surface area contributed by atoms with E-state index in [-0.39, 0.29) is 11.5 Å². The number of methoxy groups -OCH3 is 1. The Balaban J connectivity index is 2.47. The van der Waals surface area contributed by atoms with Crippen molar-refractivity contribution < 1.29 is 24.2 Å². The van der Waals surface area contributed by atoms with E-state index in [1.165, 1.54) is 13.2 Å². The Morgan fingerprint density at radius 3 is 2.54 bits per heavy atom. The van der Waals surface area contributed by atoms with Gasteiger partial charge in [0.2, 0.25) is 0 Å². The van der Waals surface area contributed by atoms with Gasteiger partial charge in [-0.15, -0.1) is 0 Å². The third kappa shape index (κ3) is 3.79. The Morgan fingerprint density at radius 2 is 1.96 bits per heavy atom. The number of benzene rings is 1. The molecule has 1 aromatic rings. The number of allylic oxidation sites excluding steroid dienone is 1. The molecule has 7 heteroatoms. The number of aromatic hydroxyl groups is 1. The predicted octanol–water partition coefficient (Wildman–Crippen LogP) is 2.37. The van der Waals surface area contributed by atoms with Gasteiger partial charge in [0, 0.05) is 5.70 Å². The minimum Gasteiger partial charge on any atom is -0.504 e. The molecule has 2 rings (SSSR count). The number of hydrogen-bond acceptors (Lipinski definition) is 5. The van der Waals surface area contributed by atoms with Crippen LogP contribution in [-0.2, 0) is 9.53 Å². The minimum atomic E-state index is -0.705. The van der Waals surface area contributed by atoms with E-state index in [9.17, 15) is 14.7 Å². The fraction of sp³-hybridized carbons (Fsp3) is 0.412. The van der Waals surface area contributed by atoms with Crippen molar-refractivity contribution in [3.8, 4) is 11.5 Å². The molecule has 1 aliphatic heterocycles. The number of rotatable bonds is 3. The number of amides is 2. The molecule has 7 nitrogen and oxygen atoms in total. The normalized spacial score (nSPS) is 17.9. The van der Waals surface area contributed by atoms with Gasteiger partial charge in [0.25, 0.3) is 0 Å². The second-order valence-electron chi connectivity index (χ2n) is 6.50. The largest absolute Gasteiger partial charge is 0.504 e. The predicted molar refractivity (Wildman–Crippen MR) is 87.6 cm³/mol. The summed E-state index contributed by atoms with van der Waals surface area (Å²) in [6.07, 6.45) is 0. The fourth-order valence-corrected chi connectivity index (χ4v) is 2.42. The summed E-state index contributed by atoms with van der Waals surface area (Å²) in [7, 11) is 1.43. The molecule has 24 heavy (non-hydrogen) atoms. The van der Waals surface area contributed by atoms with Crippen molar-refractivity contribution >= 4 is 12.0 Å². The molecule has 1 heterocycles. The van der Waals surface area contributed by atoms with Crippen molar-refractivity contribution in [1.29, 1.82) is 0 Å². The highest BCUT2D eigenvalue weighted by Crippen LogP contribution is 2.34. The Bertz CT molecular complexity index is 703. The lowest BCUT2D eigenvalue weighted by atomic mass is 9.95. The number of ether oxygens (including phenoxy) is 2. The van der Waals surface area contributed by atoms with Crippen LogP contribution in [0.5, 0.6) is 11.5 Å². The van der Waals surface area contributed by atoms with Crippen molar-refractivity contribution in [2.75, 3.05) is 7.11 Å². The maximum Gasteiger partial charge on any atom is 0.338 e. The summed E-state index contributed by atoms with van der Waals surface area (Å²) < 4.78 is 10.5. The summed E-state index contributed by atoms with van der Waals surface area (Å²) in [6, 6.07) is 3.51. The lowest BCUT2D eigenvalue weighted by Crippen LogP contribution is -2.46. The van der Waals surface area contributed by atoms with Crippen molar-refractivity contribution in [3.63, 3.8) is 0 Å². The molecule has 0 saturated heterocycles. The highest BCUT2D eigenvalue weighted by atomic mass is 16.6. The van der Waals surface area contributed by atoms with Gasteiger partial charge in [-0.3, -0.25) is 0 Å². The number of nitrogens with one attached hydrogen (secondary N) is 2. The summed E-state index contributed by atoms with van der Waals surface area (Å²) >= 11 is 0. The number of carbonyl (C=O) groups excluding carboxylic acids is 2. The number of phenols is 1. The van der Waals surface area contributed by atoms with Gasteiger partial charge in [0.1, 0.15) is 5.60 Å². The zero-order chi connectivity index (χ0) is 18.1. The zero-order valence-corrected chi connectivity index (χ0v) is 14.4. The number of phenolic OH excluding ortho intramolecular Hbond substituents is 1. The number of urea groups is 1. The first-order valence-corrected chi connectivity index (χ1v) is 7.51. The van der Waals surface area contributed by atoms with Crippen LogP contribution in [-0.4, -0.2) is 29.8 Å². The van der Waals surface area contributed by atoms with Crippen LogP contribution in [0.1, 0.15) is 39.3 Å². The first-order valence-electron chi connectivity index (χ1n) is 7.51. The lowest BCUT2D eigenvalue weighted by molar-refractivity contribution is -0.150. The molecule has 0 fully saturated rings. The van der Waals surface area contributed by atoms with Gasteiger partial charge in [-0.25, -0.2) is 9.59 Å². The summed E-state index contributed by atoms with van der Waals surface area (Å²) in [6.45, 7) is 6.96. The molecule has 3 N–H and O–H groups in total. The second kappa shape index (κ2) is 6.43. The maximum absolute atomic E-state index is 12.6. The number of hydrogen-bond donors (Lipinski definition) is 3. The maximum atomic E-state index is 12.6. The van der Waals surface area contributed by atoms with E-state index < -0.39 is 23.6 Å². The van der Waals surface area contributed by atoms with E-state index in [1.54, 1.807) is 39.8 Å². The number of esters is 1. The van der Waals surface area contributed by atoms with E-state index in [1.807, 2.05) is 0 Å². The van der Waals surface area contributed by atoms with Crippen LogP contribution >= 0.6 is 0 Å². The zero-order valence-electron chi connectivity index (χ0n) is 14.4. The SMILES string of the molecule is COc1cc(C2NC(=O)NC(C)=C2C(=O)OC(C)(C)C)ccc1O. The molecule has 1 aliphatic rings. The van der Waals surface area contributed by atoms with Crippen LogP contribution in [0.2, 0.25) is 0 Å². The quantitative estimate of drug-likeness (QED) is 0.737. The Kier molecular flexibility index (Phi) is 4.73. The van der Waals surface area contributed by atoms with Gasteiger partial charge >= 0.3 is 12.0 Å². The van der Waals surface area contributed by atoms with Crippen molar-refractivity contribution in [2.45, 2.75) is 39.3 Å². The smallest absolute Gasteiger partial charge is 0.338 e. The molecule has 0 saturated carbocycles. The molecule has 1 atom stereocenters. The van der Waals surface area contributed by atoms with Gasteiger partial charge in [-0.05, 0) is 45.4 Å². The average molecular weight is 334 g/mol. The molecule has 0 radical (unpaired) electrons. The Hall–Kier alpha value is -2.70. The van der Waals surface area contributed by atoms with E-state index >= 15 is 0 Å². The number of carbonyl (C=O) groups is 2. The van der Waals surface area contributed by atoms with Crippen molar-refractivity contribution in [1.82, 2.24) is 10.6 Å². The van der Waals surface area contributed by atoms with E-state index in [0.717, 1.165) is 0 Å². The average Bonchev–Trinajstić information content (AvgIpc) is 2.44. The summed E-state index contributed by atoms with van der Waals surface area (Å²) in [5.41, 5.74) is 0.658. The van der Waals surface area contributed by atoms with Gasteiger partial charge in [-0.1, -0.05) is 6.07 Å². The second-order valence-corrected chi connectivity index (χ2v) is 6.50. The molecule has 0 bridgehead atoms. The third-order valence-corrected chi connectivity index (χ3v) is 3.43. The van der Waals surface area contributed by atoms with Crippen LogP contribution in [0.4, 0.5) is 4.79 Å². The fourth-order valence-electron chi connectivity index (χ4n) is 2.42. The summed E-state index contributed by atoms with van der Waals surface area (Å²) in [4.78, 5) is 24.4. The van der Waals surface area contributed by atoms with Gasteiger partial charge in [0.05, 0.1) is 18.7 Å². The molecule has 130 valence electrons. The van der Waals surface area contributed by atoms with Crippen LogP contribution < -0.4 is 15.4 Å². The van der Waals surface area contributed by atoms with Crippen LogP contribution in [0.15, 0.2) is 29.5 Å². The Morgan fingerprint density at radius 1 is 1.29 bits per heavy atom. The molecule has 0 aliphatic carbocycles. The highest BCUT2D eigenvalue weighted by Gasteiger charge is 2.34. The van der Waals surface area contributed by atoms with E-state index in [2.05, 4.69) is 10.6 Å². The molecule has 1 aromatic carbocycles. The van der Waals surface area contributed by atoms with Gasteiger partial charge in [-0.2, -0.15) is 0 Å². The lowest BCUT2D eigenvalue weighted by Gasteiger charge is -2.30. The minimum absolute atomic E-state index is 0.0268. The van der Waals surface area contributed by atoms with Gasteiger partial charge < -0.3 is 25.2 Å². The Labute approximate surface area is 140 Å².